The molecule has 1 rings (SSSR count). The third-order valence-corrected chi connectivity index (χ3v) is 4.72. The summed E-state index contributed by atoms with van der Waals surface area (Å²) < 4.78 is 23.8. The Balaban J connectivity index is 2.82. The maximum atomic E-state index is 11.9. The van der Waals surface area contributed by atoms with Crippen LogP contribution in [0.1, 0.15) is 26.2 Å². The third-order valence-electron chi connectivity index (χ3n) is 2.66. The molecule has 1 aromatic rings. The fourth-order valence-electron chi connectivity index (χ4n) is 1.59. The molecule has 0 spiro atoms. The number of halogens is 1. The highest BCUT2D eigenvalue weighted by Gasteiger charge is 2.17. The quantitative estimate of drug-likeness (QED) is 0.622. The Morgan fingerprint density at radius 1 is 1.26 bits per heavy atom. The van der Waals surface area contributed by atoms with Crippen molar-refractivity contribution >= 4 is 33.0 Å². The lowest BCUT2D eigenvalue weighted by molar-refractivity contribution is -0.116. The molecular formula is C13H18ClNO3S. The second-order valence-corrected chi connectivity index (χ2v) is 6.72. The molecule has 0 saturated heterocycles. The van der Waals surface area contributed by atoms with E-state index in [4.69, 9.17) is 11.6 Å². The zero-order chi connectivity index (χ0) is 14.3. The van der Waals surface area contributed by atoms with Crippen LogP contribution in [0.4, 0.5) is 5.69 Å². The van der Waals surface area contributed by atoms with Crippen molar-refractivity contribution in [1.29, 1.82) is 0 Å². The Bertz CT molecular complexity index is 528. The number of carbonyl (C=O) groups excluding carboxylic acids is 1. The number of unbranched alkanes of at least 4 members (excludes halogenated alkanes) is 1. The minimum absolute atomic E-state index is 0.00608. The Morgan fingerprint density at radius 2 is 1.95 bits per heavy atom. The zero-order valence-electron chi connectivity index (χ0n) is 10.9. The van der Waals surface area contributed by atoms with Crippen LogP contribution in [0, 0.1) is 0 Å². The number of anilines is 1. The number of para-hydroxylation sites is 1. The monoisotopic (exact) mass is 303 g/mol. The van der Waals surface area contributed by atoms with E-state index < -0.39 is 9.84 Å². The van der Waals surface area contributed by atoms with Crippen LogP contribution in [0.3, 0.4) is 0 Å². The smallest absolute Gasteiger partial charge is 0.224 e. The highest BCUT2D eigenvalue weighted by molar-refractivity contribution is 7.91. The number of rotatable bonds is 7. The van der Waals surface area contributed by atoms with E-state index in [-0.39, 0.29) is 16.6 Å². The summed E-state index contributed by atoms with van der Waals surface area (Å²) in [4.78, 5) is 11.9. The molecule has 0 radical (unpaired) electrons. The normalized spacial score (nSPS) is 11.3. The number of alkyl halides is 1. The fourth-order valence-corrected chi connectivity index (χ4v) is 2.83. The van der Waals surface area contributed by atoms with Gasteiger partial charge in [-0.25, -0.2) is 8.42 Å². The highest BCUT2D eigenvalue weighted by Crippen LogP contribution is 2.22. The molecule has 0 bridgehead atoms. The Morgan fingerprint density at radius 3 is 2.58 bits per heavy atom. The third kappa shape index (κ3) is 4.84. The van der Waals surface area contributed by atoms with Crippen molar-refractivity contribution < 1.29 is 13.2 Å². The van der Waals surface area contributed by atoms with Crippen LogP contribution in [0.15, 0.2) is 29.2 Å². The van der Waals surface area contributed by atoms with Gasteiger partial charge in [0.05, 0.1) is 16.3 Å². The van der Waals surface area contributed by atoms with E-state index >= 15 is 0 Å². The molecule has 0 atom stereocenters. The summed E-state index contributed by atoms with van der Waals surface area (Å²) in [7, 11) is -3.34. The maximum Gasteiger partial charge on any atom is 0.224 e. The number of nitrogens with one attached hydrogen (secondary N) is 1. The van der Waals surface area contributed by atoms with E-state index in [9.17, 15) is 13.2 Å². The number of sulfone groups is 1. The summed E-state index contributed by atoms with van der Waals surface area (Å²) in [6, 6.07) is 6.45. The average molecular weight is 304 g/mol. The number of carbonyl (C=O) groups is 1. The number of benzene rings is 1. The fraction of sp³-hybridized carbons (Fsp3) is 0.462. The van der Waals surface area contributed by atoms with Crippen molar-refractivity contribution in [2.24, 2.45) is 0 Å². The molecule has 1 amide bonds. The van der Waals surface area contributed by atoms with Gasteiger partial charge in [-0.15, -0.1) is 11.6 Å². The van der Waals surface area contributed by atoms with Gasteiger partial charge in [0, 0.05) is 12.3 Å². The van der Waals surface area contributed by atoms with Gasteiger partial charge in [0.2, 0.25) is 5.91 Å². The minimum atomic E-state index is -3.34. The Kier molecular flexibility index (Phi) is 6.31. The molecule has 4 nitrogen and oxygen atoms in total. The van der Waals surface area contributed by atoms with Crippen molar-refractivity contribution in [3.63, 3.8) is 0 Å². The molecular weight excluding hydrogens is 286 g/mol. The molecule has 0 aliphatic rings. The van der Waals surface area contributed by atoms with E-state index in [1.54, 1.807) is 25.1 Å². The zero-order valence-corrected chi connectivity index (χ0v) is 12.4. The molecule has 0 fully saturated rings. The van der Waals surface area contributed by atoms with Crippen LogP contribution < -0.4 is 5.32 Å². The van der Waals surface area contributed by atoms with Crippen LogP contribution in [0.25, 0.3) is 0 Å². The van der Waals surface area contributed by atoms with Crippen molar-refractivity contribution in [3.8, 4) is 0 Å². The Hall–Kier alpha value is -1.07. The predicted octanol–water partition coefficient (Wildman–Crippen LogP) is 2.83. The number of hydrogen-bond acceptors (Lipinski definition) is 3. The second-order valence-electron chi connectivity index (χ2n) is 4.09. The van der Waals surface area contributed by atoms with Crippen LogP contribution in [0.2, 0.25) is 0 Å². The van der Waals surface area contributed by atoms with Crippen LogP contribution in [0.5, 0.6) is 0 Å². The van der Waals surface area contributed by atoms with E-state index in [0.29, 0.717) is 24.4 Å². The van der Waals surface area contributed by atoms with Gasteiger partial charge in [0.15, 0.2) is 9.84 Å². The molecule has 6 heteroatoms. The van der Waals surface area contributed by atoms with Crippen molar-refractivity contribution in [2.45, 2.75) is 31.1 Å². The standard InChI is InChI=1S/C13H18ClNO3S/c1-2-19(17,18)12-8-4-3-7-11(12)15-13(16)9-5-6-10-14/h3-4,7-8H,2,5-6,9-10H2,1H3,(H,15,16). The summed E-state index contributed by atoms with van der Waals surface area (Å²) in [5.74, 6) is 0.337. The minimum Gasteiger partial charge on any atom is -0.325 e. The summed E-state index contributed by atoms with van der Waals surface area (Å²) >= 11 is 5.54. The molecule has 0 heterocycles. The van der Waals surface area contributed by atoms with Crippen molar-refractivity contribution in [2.75, 3.05) is 16.9 Å². The molecule has 19 heavy (non-hydrogen) atoms. The van der Waals surface area contributed by atoms with Crippen LogP contribution in [-0.4, -0.2) is 26.0 Å². The van der Waals surface area contributed by atoms with Gasteiger partial charge < -0.3 is 5.32 Å². The number of amides is 1. The van der Waals surface area contributed by atoms with Gasteiger partial charge in [0.1, 0.15) is 0 Å². The van der Waals surface area contributed by atoms with Crippen molar-refractivity contribution in [3.05, 3.63) is 24.3 Å². The first-order valence-electron chi connectivity index (χ1n) is 6.19. The molecule has 0 aromatic heterocycles. The number of hydrogen-bond donors (Lipinski definition) is 1. The van der Waals surface area contributed by atoms with Crippen LogP contribution >= 0.6 is 11.6 Å². The highest BCUT2D eigenvalue weighted by atomic mass is 35.5. The maximum absolute atomic E-state index is 11.9. The first-order chi connectivity index (χ1) is 9.01. The first kappa shape index (κ1) is 16.0. The van der Waals surface area contributed by atoms with Gasteiger partial charge in [-0.3, -0.25) is 4.79 Å². The lowest BCUT2D eigenvalue weighted by atomic mass is 10.2. The largest absolute Gasteiger partial charge is 0.325 e. The predicted molar refractivity (Wildman–Crippen MR) is 77.4 cm³/mol. The molecule has 0 saturated carbocycles. The van der Waals surface area contributed by atoms with E-state index in [2.05, 4.69) is 5.32 Å². The molecule has 0 aliphatic carbocycles. The molecule has 0 unspecified atom stereocenters. The first-order valence-corrected chi connectivity index (χ1v) is 8.37. The summed E-state index contributed by atoms with van der Waals surface area (Å²) in [6.07, 6.45) is 1.80. The Labute approximate surface area is 119 Å². The molecule has 106 valence electrons. The second kappa shape index (κ2) is 7.50. The van der Waals surface area contributed by atoms with E-state index in [0.717, 1.165) is 6.42 Å². The SMILES string of the molecule is CCS(=O)(=O)c1ccccc1NC(=O)CCCCCl. The van der Waals surface area contributed by atoms with E-state index in [1.807, 2.05) is 0 Å². The van der Waals surface area contributed by atoms with Gasteiger partial charge in [-0.2, -0.15) is 0 Å². The summed E-state index contributed by atoms with van der Waals surface area (Å²) in [5.41, 5.74) is 0.347. The van der Waals surface area contributed by atoms with Gasteiger partial charge >= 0.3 is 0 Å². The lowest BCUT2D eigenvalue weighted by Gasteiger charge is -2.10. The molecule has 0 aliphatic heterocycles. The summed E-state index contributed by atoms with van der Waals surface area (Å²) in [5, 5.41) is 2.65. The topological polar surface area (TPSA) is 63.2 Å². The van der Waals surface area contributed by atoms with Gasteiger partial charge in [0.25, 0.3) is 0 Å². The summed E-state index contributed by atoms with van der Waals surface area (Å²) in [6.45, 7) is 1.58. The van der Waals surface area contributed by atoms with Gasteiger partial charge in [-0.1, -0.05) is 19.1 Å². The average Bonchev–Trinajstić information content (AvgIpc) is 2.39. The molecule has 1 N–H and O–H groups in total. The van der Waals surface area contributed by atoms with E-state index in [1.165, 1.54) is 6.07 Å². The molecule has 1 aromatic carbocycles. The van der Waals surface area contributed by atoms with Crippen molar-refractivity contribution in [1.82, 2.24) is 0 Å². The van der Waals surface area contributed by atoms with Gasteiger partial charge in [-0.05, 0) is 25.0 Å². The van der Waals surface area contributed by atoms with Crippen LogP contribution in [-0.2, 0) is 14.6 Å². The lowest BCUT2D eigenvalue weighted by Crippen LogP contribution is -2.15.